The van der Waals surface area contributed by atoms with Crippen LogP contribution in [-0.2, 0) is 4.79 Å². The van der Waals surface area contributed by atoms with Gasteiger partial charge in [-0.25, -0.2) is 0 Å². The van der Waals surface area contributed by atoms with E-state index in [1.165, 1.54) is 12.8 Å². The van der Waals surface area contributed by atoms with Crippen LogP contribution in [0.4, 0.5) is 0 Å². The standard InChI is InChI=1S/C13H26N2O/c1-4-5-6-10-15(3)13(16)12-8-7-9-14-11(12)2/h11-12,14H,4-10H2,1-3H3. The van der Waals surface area contributed by atoms with Crippen molar-refractivity contribution in [3.63, 3.8) is 0 Å². The summed E-state index contributed by atoms with van der Waals surface area (Å²) in [7, 11) is 1.94. The lowest BCUT2D eigenvalue weighted by Gasteiger charge is -2.32. The molecule has 0 aromatic carbocycles. The van der Waals surface area contributed by atoms with Gasteiger partial charge in [-0.3, -0.25) is 4.79 Å². The van der Waals surface area contributed by atoms with Crippen molar-refractivity contribution in [2.45, 2.75) is 52.0 Å². The van der Waals surface area contributed by atoms with Crippen LogP contribution in [0.2, 0.25) is 0 Å². The van der Waals surface area contributed by atoms with Gasteiger partial charge in [0.2, 0.25) is 5.91 Å². The van der Waals surface area contributed by atoms with Crippen LogP contribution in [0.5, 0.6) is 0 Å². The Balaban J connectivity index is 2.36. The monoisotopic (exact) mass is 226 g/mol. The molecule has 94 valence electrons. The predicted molar refractivity (Wildman–Crippen MR) is 67.4 cm³/mol. The fourth-order valence-corrected chi connectivity index (χ4v) is 2.37. The average molecular weight is 226 g/mol. The van der Waals surface area contributed by atoms with Crippen molar-refractivity contribution in [3.05, 3.63) is 0 Å². The Bertz CT molecular complexity index is 218. The van der Waals surface area contributed by atoms with Crippen molar-refractivity contribution in [1.82, 2.24) is 10.2 Å². The van der Waals surface area contributed by atoms with E-state index < -0.39 is 0 Å². The minimum atomic E-state index is 0.195. The van der Waals surface area contributed by atoms with Gasteiger partial charge in [-0.15, -0.1) is 0 Å². The molecule has 1 aliphatic heterocycles. The number of unbranched alkanes of at least 4 members (excludes halogenated alkanes) is 2. The number of nitrogens with zero attached hydrogens (tertiary/aromatic N) is 1. The first-order valence-corrected chi connectivity index (χ1v) is 6.65. The van der Waals surface area contributed by atoms with Gasteiger partial charge in [0.1, 0.15) is 0 Å². The van der Waals surface area contributed by atoms with E-state index in [-0.39, 0.29) is 5.92 Å². The molecule has 0 bridgehead atoms. The fraction of sp³-hybridized carbons (Fsp3) is 0.923. The van der Waals surface area contributed by atoms with E-state index in [1.807, 2.05) is 11.9 Å². The first-order valence-electron chi connectivity index (χ1n) is 6.65. The van der Waals surface area contributed by atoms with E-state index in [4.69, 9.17) is 0 Å². The summed E-state index contributed by atoms with van der Waals surface area (Å²) in [4.78, 5) is 14.1. The average Bonchev–Trinajstić information content (AvgIpc) is 2.29. The first kappa shape index (κ1) is 13.5. The van der Waals surface area contributed by atoms with Gasteiger partial charge in [0, 0.05) is 19.6 Å². The van der Waals surface area contributed by atoms with Gasteiger partial charge in [0.25, 0.3) is 0 Å². The summed E-state index contributed by atoms with van der Waals surface area (Å²) in [5.74, 6) is 0.524. The molecule has 1 rings (SSSR count). The largest absolute Gasteiger partial charge is 0.345 e. The lowest BCUT2D eigenvalue weighted by Crippen LogP contribution is -2.47. The lowest BCUT2D eigenvalue weighted by atomic mass is 9.91. The highest BCUT2D eigenvalue weighted by molar-refractivity contribution is 5.79. The van der Waals surface area contributed by atoms with Crippen molar-refractivity contribution in [2.75, 3.05) is 20.1 Å². The van der Waals surface area contributed by atoms with Gasteiger partial charge in [0.05, 0.1) is 5.92 Å². The molecular weight excluding hydrogens is 200 g/mol. The maximum atomic E-state index is 12.2. The molecule has 1 amide bonds. The number of amides is 1. The lowest BCUT2D eigenvalue weighted by molar-refractivity contribution is -0.135. The second-order valence-electron chi connectivity index (χ2n) is 4.96. The number of carbonyl (C=O) groups is 1. The van der Waals surface area contributed by atoms with Crippen LogP contribution in [0.1, 0.15) is 46.0 Å². The van der Waals surface area contributed by atoms with Crippen LogP contribution < -0.4 is 5.32 Å². The van der Waals surface area contributed by atoms with Gasteiger partial charge in [-0.05, 0) is 32.7 Å². The van der Waals surface area contributed by atoms with Gasteiger partial charge in [-0.1, -0.05) is 19.8 Å². The molecule has 1 saturated heterocycles. The van der Waals surface area contributed by atoms with Gasteiger partial charge >= 0.3 is 0 Å². The number of nitrogens with one attached hydrogen (secondary N) is 1. The molecule has 0 spiro atoms. The highest BCUT2D eigenvalue weighted by Gasteiger charge is 2.29. The van der Waals surface area contributed by atoms with E-state index in [0.29, 0.717) is 11.9 Å². The Morgan fingerprint density at radius 3 is 2.81 bits per heavy atom. The number of piperidine rings is 1. The van der Waals surface area contributed by atoms with Crippen LogP contribution in [-0.4, -0.2) is 37.0 Å². The topological polar surface area (TPSA) is 32.3 Å². The molecule has 3 heteroatoms. The molecule has 2 unspecified atom stereocenters. The van der Waals surface area contributed by atoms with E-state index in [9.17, 15) is 4.79 Å². The minimum absolute atomic E-state index is 0.195. The van der Waals surface area contributed by atoms with Crippen LogP contribution >= 0.6 is 0 Å². The summed E-state index contributed by atoms with van der Waals surface area (Å²) in [6, 6.07) is 0.342. The smallest absolute Gasteiger partial charge is 0.226 e. The SMILES string of the molecule is CCCCCN(C)C(=O)C1CCCNC1C. The third kappa shape index (κ3) is 3.78. The molecule has 0 radical (unpaired) electrons. The normalized spacial score (nSPS) is 25.4. The first-order chi connectivity index (χ1) is 7.66. The Kier molecular flexibility index (Phi) is 5.81. The zero-order valence-electron chi connectivity index (χ0n) is 11.0. The highest BCUT2D eigenvalue weighted by atomic mass is 16.2. The highest BCUT2D eigenvalue weighted by Crippen LogP contribution is 2.18. The summed E-state index contributed by atoms with van der Waals surface area (Å²) in [5, 5.41) is 3.39. The number of hydrogen-bond acceptors (Lipinski definition) is 2. The van der Waals surface area contributed by atoms with Gasteiger partial charge in [-0.2, -0.15) is 0 Å². The Hall–Kier alpha value is -0.570. The molecule has 0 saturated carbocycles. The molecule has 1 fully saturated rings. The minimum Gasteiger partial charge on any atom is -0.345 e. The summed E-state index contributed by atoms with van der Waals surface area (Å²) < 4.78 is 0. The second kappa shape index (κ2) is 6.89. The Morgan fingerprint density at radius 2 is 2.19 bits per heavy atom. The third-order valence-corrected chi connectivity index (χ3v) is 3.55. The molecule has 3 nitrogen and oxygen atoms in total. The third-order valence-electron chi connectivity index (χ3n) is 3.55. The molecule has 0 aliphatic carbocycles. The van der Waals surface area contributed by atoms with Gasteiger partial charge in [0.15, 0.2) is 0 Å². The molecule has 16 heavy (non-hydrogen) atoms. The zero-order valence-corrected chi connectivity index (χ0v) is 11.0. The molecular formula is C13H26N2O. The maximum Gasteiger partial charge on any atom is 0.226 e. The molecule has 0 aromatic heterocycles. The van der Waals surface area contributed by atoms with Gasteiger partial charge < -0.3 is 10.2 Å². The summed E-state index contributed by atoms with van der Waals surface area (Å²) in [6.07, 6.45) is 5.74. The van der Waals surface area contributed by atoms with Crippen molar-refractivity contribution in [1.29, 1.82) is 0 Å². The van der Waals surface area contributed by atoms with Crippen LogP contribution in [0.3, 0.4) is 0 Å². The Labute approximate surface area is 99.6 Å². The van der Waals surface area contributed by atoms with Crippen LogP contribution in [0, 0.1) is 5.92 Å². The zero-order chi connectivity index (χ0) is 12.0. The van der Waals surface area contributed by atoms with E-state index in [2.05, 4.69) is 19.2 Å². The summed E-state index contributed by atoms with van der Waals surface area (Å²) >= 11 is 0. The molecule has 2 atom stereocenters. The van der Waals surface area contributed by atoms with E-state index in [1.54, 1.807) is 0 Å². The predicted octanol–water partition coefficient (Wildman–Crippen LogP) is 2.02. The van der Waals surface area contributed by atoms with E-state index >= 15 is 0 Å². The van der Waals surface area contributed by atoms with Crippen molar-refractivity contribution in [3.8, 4) is 0 Å². The molecule has 1 aliphatic rings. The quantitative estimate of drug-likeness (QED) is 0.727. The molecule has 1 N–H and O–H groups in total. The number of carbonyl (C=O) groups excluding carboxylic acids is 1. The number of rotatable bonds is 5. The van der Waals surface area contributed by atoms with Crippen molar-refractivity contribution < 1.29 is 4.79 Å². The second-order valence-corrected chi connectivity index (χ2v) is 4.96. The van der Waals surface area contributed by atoms with Crippen LogP contribution in [0.15, 0.2) is 0 Å². The number of hydrogen-bond donors (Lipinski definition) is 1. The fourth-order valence-electron chi connectivity index (χ4n) is 2.37. The Morgan fingerprint density at radius 1 is 1.44 bits per heavy atom. The summed E-state index contributed by atoms with van der Waals surface area (Å²) in [5.41, 5.74) is 0. The van der Waals surface area contributed by atoms with Crippen molar-refractivity contribution >= 4 is 5.91 Å². The van der Waals surface area contributed by atoms with Crippen LogP contribution in [0.25, 0.3) is 0 Å². The van der Waals surface area contributed by atoms with Crippen molar-refractivity contribution in [2.24, 2.45) is 5.92 Å². The van der Waals surface area contributed by atoms with E-state index in [0.717, 1.165) is 32.4 Å². The summed E-state index contributed by atoms with van der Waals surface area (Å²) in [6.45, 7) is 6.29. The molecule has 0 aromatic rings. The maximum absolute atomic E-state index is 12.2. The molecule has 1 heterocycles.